The van der Waals surface area contributed by atoms with E-state index in [1.54, 1.807) is 6.07 Å². The molecular formula is C17H18FN3. The average Bonchev–Trinajstić information content (AvgIpc) is 2.76. The van der Waals surface area contributed by atoms with Gasteiger partial charge in [-0.15, -0.1) is 0 Å². The molecule has 0 radical (unpaired) electrons. The summed E-state index contributed by atoms with van der Waals surface area (Å²) in [7, 11) is 0. The molecule has 0 amide bonds. The van der Waals surface area contributed by atoms with Crippen molar-refractivity contribution in [1.29, 1.82) is 0 Å². The maximum Gasteiger partial charge on any atom is 0.196 e. The number of anilines is 1. The molecule has 0 saturated carbocycles. The maximum atomic E-state index is 13.6. The van der Waals surface area contributed by atoms with Gasteiger partial charge in [0.15, 0.2) is 5.96 Å². The Hall–Kier alpha value is -2.36. The van der Waals surface area contributed by atoms with Crippen LogP contribution >= 0.6 is 0 Å². The molecule has 2 aromatic rings. The Morgan fingerprint density at radius 3 is 2.67 bits per heavy atom. The minimum Gasteiger partial charge on any atom is -0.369 e. The van der Waals surface area contributed by atoms with Gasteiger partial charge in [0.2, 0.25) is 0 Å². The van der Waals surface area contributed by atoms with Crippen molar-refractivity contribution in [2.45, 2.75) is 19.4 Å². The highest BCUT2D eigenvalue weighted by Crippen LogP contribution is 2.38. The second-order valence-electron chi connectivity index (χ2n) is 5.58. The second kappa shape index (κ2) is 4.88. The maximum absolute atomic E-state index is 13.6. The standard InChI is InChI=1S/C17H18FN3/c1-12-6-3-4-9-15(12)17(2)11-20-16(19)21(17)14-8-5-7-13(18)10-14/h3-10H,11H2,1-2H3,(H2,19,20). The van der Waals surface area contributed by atoms with Crippen molar-refractivity contribution in [2.24, 2.45) is 10.7 Å². The third-order valence-electron chi connectivity index (χ3n) is 4.06. The van der Waals surface area contributed by atoms with Crippen LogP contribution in [0.5, 0.6) is 0 Å². The predicted octanol–water partition coefficient (Wildman–Crippen LogP) is 3.18. The number of rotatable bonds is 2. The number of aliphatic imine (C=N–C) groups is 1. The number of benzene rings is 2. The van der Waals surface area contributed by atoms with Crippen molar-refractivity contribution >= 4 is 11.6 Å². The van der Waals surface area contributed by atoms with Crippen LogP contribution in [-0.2, 0) is 5.54 Å². The molecule has 1 aliphatic rings. The van der Waals surface area contributed by atoms with Gasteiger partial charge in [-0.05, 0) is 43.2 Å². The molecule has 2 N–H and O–H groups in total. The van der Waals surface area contributed by atoms with Crippen LogP contribution < -0.4 is 10.6 Å². The lowest BCUT2D eigenvalue weighted by Gasteiger charge is -2.37. The Morgan fingerprint density at radius 2 is 1.95 bits per heavy atom. The summed E-state index contributed by atoms with van der Waals surface area (Å²) >= 11 is 0. The lowest BCUT2D eigenvalue weighted by molar-refractivity contribution is 0.528. The lowest BCUT2D eigenvalue weighted by atomic mass is 9.87. The van der Waals surface area contributed by atoms with E-state index in [2.05, 4.69) is 31.0 Å². The average molecular weight is 283 g/mol. The van der Waals surface area contributed by atoms with Crippen LogP contribution in [0.25, 0.3) is 0 Å². The van der Waals surface area contributed by atoms with Crippen LogP contribution in [0.2, 0.25) is 0 Å². The first-order valence-electron chi connectivity index (χ1n) is 6.94. The van der Waals surface area contributed by atoms with E-state index < -0.39 is 5.54 Å². The number of nitrogens with zero attached hydrogens (tertiary/aromatic N) is 2. The van der Waals surface area contributed by atoms with Gasteiger partial charge in [0.05, 0.1) is 12.1 Å². The van der Waals surface area contributed by atoms with Gasteiger partial charge in [0.25, 0.3) is 0 Å². The first-order valence-corrected chi connectivity index (χ1v) is 6.94. The smallest absolute Gasteiger partial charge is 0.196 e. The zero-order valence-electron chi connectivity index (χ0n) is 12.2. The Kier molecular flexibility index (Phi) is 3.16. The summed E-state index contributed by atoms with van der Waals surface area (Å²) < 4.78 is 13.6. The summed E-state index contributed by atoms with van der Waals surface area (Å²) in [6.45, 7) is 4.71. The first kappa shape index (κ1) is 13.6. The fraction of sp³-hybridized carbons (Fsp3) is 0.235. The molecule has 0 saturated heterocycles. The van der Waals surface area contributed by atoms with E-state index in [0.717, 1.165) is 11.3 Å². The molecule has 4 heteroatoms. The molecule has 3 rings (SSSR count). The SMILES string of the molecule is Cc1ccccc1C1(C)CN=C(N)N1c1cccc(F)c1. The highest BCUT2D eigenvalue weighted by Gasteiger charge is 2.41. The van der Waals surface area contributed by atoms with Crippen molar-refractivity contribution in [2.75, 3.05) is 11.4 Å². The number of hydrogen-bond acceptors (Lipinski definition) is 3. The Balaban J connectivity index is 2.13. The second-order valence-corrected chi connectivity index (χ2v) is 5.58. The van der Waals surface area contributed by atoms with Crippen LogP contribution in [-0.4, -0.2) is 12.5 Å². The fourth-order valence-electron chi connectivity index (χ4n) is 3.04. The Labute approximate surface area is 123 Å². The van der Waals surface area contributed by atoms with Crippen molar-refractivity contribution in [3.8, 4) is 0 Å². The van der Waals surface area contributed by atoms with E-state index in [-0.39, 0.29) is 5.82 Å². The minimum atomic E-state index is -0.400. The molecule has 0 bridgehead atoms. The first-order chi connectivity index (χ1) is 10.0. The molecule has 0 aromatic heterocycles. The predicted molar refractivity (Wildman–Crippen MR) is 83.9 cm³/mol. The number of aryl methyl sites for hydroxylation is 1. The molecule has 1 atom stereocenters. The Bertz CT molecular complexity index is 711. The highest BCUT2D eigenvalue weighted by atomic mass is 19.1. The van der Waals surface area contributed by atoms with Crippen molar-refractivity contribution < 1.29 is 4.39 Å². The highest BCUT2D eigenvalue weighted by molar-refractivity contribution is 5.98. The molecule has 0 aliphatic carbocycles. The molecule has 3 nitrogen and oxygen atoms in total. The number of halogens is 1. The van der Waals surface area contributed by atoms with Crippen LogP contribution in [0.3, 0.4) is 0 Å². The summed E-state index contributed by atoms with van der Waals surface area (Å²) in [6, 6.07) is 14.6. The van der Waals surface area contributed by atoms with Gasteiger partial charge >= 0.3 is 0 Å². The molecule has 0 fully saturated rings. The van der Waals surface area contributed by atoms with E-state index in [1.165, 1.54) is 17.7 Å². The number of guanidine groups is 1. The van der Waals surface area contributed by atoms with Gasteiger partial charge in [-0.2, -0.15) is 0 Å². The zero-order chi connectivity index (χ0) is 15.0. The fourth-order valence-corrected chi connectivity index (χ4v) is 3.04. The van der Waals surface area contributed by atoms with E-state index in [1.807, 2.05) is 23.1 Å². The van der Waals surface area contributed by atoms with Gasteiger partial charge in [-0.25, -0.2) is 4.39 Å². The van der Waals surface area contributed by atoms with Gasteiger partial charge < -0.3 is 10.6 Å². The summed E-state index contributed by atoms with van der Waals surface area (Å²) in [5.41, 5.74) is 8.72. The molecule has 1 aliphatic heterocycles. The van der Waals surface area contributed by atoms with Gasteiger partial charge in [-0.1, -0.05) is 30.3 Å². The Morgan fingerprint density at radius 1 is 1.19 bits per heavy atom. The molecule has 108 valence electrons. The third kappa shape index (κ3) is 2.17. The van der Waals surface area contributed by atoms with E-state index >= 15 is 0 Å². The molecular weight excluding hydrogens is 265 g/mol. The quantitative estimate of drug-likeness (QED) is 0.919. The van der Waals surface area contributed by atoms with Crippen molar-refractivity contribution in [3.63, 3.8) is 0 Å². The monoisotopic (exact) mass is 283 g/mol. The largest absolute Gasteiger partial charge is 0.369 e. The number of hydrogen-bond donors (Lipinski definition) is 1. The molecule has 1 heterocycles. The minimum absolute atomic E-state index is 0.278. The van der Waals surface area contributed by atoms with Crippen LogP contribution in [0.1, 0.15) is 18.1 Å². The van der Waals surface area contributed by atoms with Crippen molar-refractivity contribution in [1.82, 2.24) is 0 Å². The van der Waals surface area contributed by atoms with Crippen LogP contribution in [0.15, 0.2) is 53.5 Å². The van der Waals surface area contributed by atoms with E-state index in [0.29, 0.717) is 12.5 Å². The molecule has 1 unspecified atom stereocenters. The summed E-state index contributed by atoms with van der Waals surface area (Å²) in [5.74, 6) is 0.144. The normalized spacial score (nSPS) is 21.5. The summed E-state index contributed by atoms with van der Waals surface area (Å²) in [6.07, 6.45) is 0. The third-order valence-corrected chi connectivity index (χ3v) is 4.06. The van der Waals surface area contributed by atoms with Crippen LogP contribution in [0.4, 0.5) is 10.1 Å². The lowest BCUT2D eigenvalue weighted by Crippen LogP contribution is -2.48. The van der Waals surface area contributed by atoms with Gasteiger partial charge in [-0.3, -0.25) is 4.99 Å². The number of nitrogens with two attached hydrogens (primary N) is 1. The van der Waals surface area contributed by atoms with E-state index in [9.17, 15) is 4.39 Å². The zero-order valence-corrected chi connectivity index (χ0v) is 12.2. The molecule has 2 aromatic carbocycles. The van der Waals surface area contributed by atoms with Crippen molar-refractivity contribution in [3.05, 3.63) is 65.5 Å². The summed E-state index contributed by atoms with van der Waals surface area (Å²) in [4.78, 5) is 6.31. The molecule has 0 spiro atoms. The van der Waals surface area contributed by atoms with Gasteiger partial charge in [0, 0.05) is 5.69 Å². The summed E-state index contributed by atoms with van der Waals surface area (Å²) in [5, 5.41) is 0. The topological polar surface area (TPSA) is 41.6 Å². The van der Waals surface area contributed by atoms with E-state index in [4.69, 9.17) is 5.73 Å². The van der Waals surface area contributed by atoms with Crippen LogP contribution in [0, 0.1) is 12.7 Å². The molecule has 21 heavy (non-hydrogen) atoms. The van der Waals surface area contributed by atoms with Gasteiger partial charge in [0.1, 0.15) is 5.82 Å².